The molecule has 6 heteroatoms. The van der Waals surface area contributed by atoms with Crippen molar-refractivity contribution in [2.75, 3.05) is 10.6 Å². The molecule has 1 atom stereocenters. The van der Waals surface area contributed by atoms with Gasteiger partial charge in [0, 0.05) is 23.8 Å². The molecule has 0 aliphatic carbocycles. The first-order valence-corrected chi connectivity index (χ1v) is 8.08. The molecule has 23 heavy (non-hydrogen) atoms. The van der Waals surface area contributed by atoms with Gasteiger partial charge < -0.3 is 10.6 Å². The van der Waals surface area contributed by atoms with Gasteiger partial charge in [0.25, 0.3) is 5.91 Å². The third-order valence-corrected chi connectivity index (χ3v) is 4.17. The summed E-state index contributed by atoms with van der Waals surface area (Å²) in [4.78, 5) is 21.0. The first-order chi connectivity index (χ1) is 11.2. The highest BCUT2D eigenvalue weighted by molar-refractivity contribution is 7.12. The molecule has 3 aromatic rings. The van der Waals surface area contributed by atoms with Crippen LogP contribution >= 0.6 is 11.3 Å². The number of hydrogen-bond acceptors (Lipinski definition) is 5. The minimum Gasteiger partial charge on any atom is -0.377 e. The second-order valence-corrected chi connectivity index (χ2v) is 5.95. The number of nitrogens with one attached hydrogen (secondary N) is 2. The summed E-state index contributed by atoms with van der Waals surface area (Å²) in [6, 6.07) is 11.3. The second kappa shape index (κ2) is 7.02. The lowest BCUT2D eigenvalue weighted by atomic mass is 10.2. The van der Waals surface area contributed by atoms with E-state index in [1.807, 2.05) is 42.6 Å². The molecule has 3 rings (SSSR count). The van der Waals surface area contributed by atoms with Crippen LogP contribution in [-0.4, -0.2) is 15.9 Å². The van der Waals surface area contributed by atoms with E-state index in [9.17, 15) is 4.79 Å². The van der Waals surface area contributed by atoms with Crippen LogP contribution < -0.4 is 10.6 Å². The molecule has 5 nitrogen and oxygen atoms in total. The SMILES string of the molecule is CC(Nc1ccc(NC(=O)c2cccs2)cc1)c1cnccn1. The molecule has 0 aliphatic rings. The Morgan fingerprint density at radius 3 is 2.57 bits per heavy atom. The summed E-state index contributed by atoms with van der Waals surface area (Å²) in [5.41, 5.74) is 2.60. The Morgan fingerprint density at radius 1 is 1.13 bits per heavy atom. The van der Waals surface area contributed by atoms with Crippen LogP contribution in [0.4, 0.5) is 11.4 Å². The Kier molecular flexibility index (Phi) is 4.63. The maximum atomic E-state index is 12.0. The molecule has 2 heterocycles. The van der Waals surface area contributed by atoms with Gasteiger partial charge in [-0.15, -0.1) is 11.3 Å². The van der Waals surface area contributed by atoms with E-state index in [4.69, 9.17) is 0 Å². The van der Waals surface area contributed by atoms with Gasteiger partial charge in [0.2, 0.25) is 0 Å². The van der Waals surface area contributed by atoms with Crippen molar-refractivity contribution in [3.8, 4) is 0 Å². The van der Waals surface area contributed by atoms with Gasteiger partial charge in [0.1, 0.15) is 0 Å². The molecule has 0 fully saturated rings. The zero-order chi connectivity index (χ0) is 16.1. The van der Waals surface area contributed by atoms with E-state index in [1.54, 1.807) is 24.7 Å². The predicted octanol–water partition coefficient (Wildman–Crippen LogP) is 3.96. The van der Waals surface area contributed by atoms with Gasteiger partial charge >= 0.3 is 0 Å². The van der Waals surface area contributed by atoms with Crippen molar-refractivity contribution in [2.45, 2.75) is 13.0 Å². The van der Waals surface area contributed by atoms with Crippen molar-refractivity contribution < 1.29 is 4.79 Å². The highest BCUT2D eigenvalue weighted by Gasteiger charge is 2.08. The molecule has 116 valence electrons. The van der Waals surface area contributed by atoms with Crippen molar-refractivity contribution in [1.29, 1.82) is 0 Å². The van der Waals surface area contributed by atoms with Gasteiger partial charge in [-0.05, 0) is 42.6 Å². The number of carbonyl (C=O) groups is 1. The molecule has 0 saturated heterocycles. The molecule has 2 N–H and O–H groups in total. The second-order valence-electron chi connectivity index (χ2n) is 5.01. The van der Waals surface area contributed by atoms with E-state index < -0.39 is 0 Å². The van der Waals surface area contributed by atoms with Gasteiger partial charge in [-0.25, -0.2) is 0 Å². The number of carbonyl (C=O) groups excluding carboxylic acids is 1. The Morgan fingerprint density at radius 2 is 1.91 bits per heavy atom. The van der Waals surface area contributed by atoms with Crippen molar-refractivity contribution in [3.63, 3.8) is 0 Å². The number of amides is 1. The summed E-state index contributed by atoms with van der Waals surface area (Å²) < 4.78 is 0. The molecular formula is C17H16N4OS. The van der Waals surface area contributed by atoms with E-state index >= 15 is 0 Å². The fourth-order valence-corrected chi connectivity index (χ4v) is 2.73. The van der Waals surface area contributed by atoms with Crippen LogP contribution in [0.1, 0.15) is 28.3 Å². The first kappa shape index (κ1) is 15.2. The van der Waals surface area contributed by atoms with Gasteiger partial charge in [-0.3, -0.25) is 14.8 Å². The topological polar surface area (TPSA) is 66.9 Å². The normalized spacial score (nSPS) is 11.7. The number of aromatic nitrogens is 2. The third-order valence-electron chi connectivity index (χ3n) is 3.30. The Hall–Kier alpha value is -2.73. The maximum absolute atomic E-state index is 12.0. The third kappa shape index (κ3) is 3.92. The first-order valence-electron chi connectivity index (χ1n) is 7.20. The van der Waals surface area contributed by atoms with Crippen LogP contribution in [0.25, 0.3) is 0 Å². The lowest BCUT2D eigenvalue weighted by Crippen LogP contribution is -2.11. The minimum absolute atomic E-state index is 0.0512. The van der Waals surface area contributed by atoms with Crippen molar-refractivity contribution >= 4 is 28.6 Å². The summed E-state index contributed by atoms with van der Waals surface area (Å²) >= 11 is 1.42. The summed E-state index contributed by atoms with van der Waals surface area (Å²) in [6.07, 6.45) is 5.07. The molecule has 1 unspecified atom stereocenters. The fourth-order valence-electron chi connectivity index (χ4n) is 2.11. The minimum atomic E-state index is -0.0892. The average Bonchev–Trinajstić information content (AvgIpc) is 3.12. The van der Waals surface area contributed by atoms with Crippen LogP contribution in [-0.2, 0) is 0 Å². The summed E-state index contributed by atoms with van der Waals surface area (Å²) in [7, 11) is 0. The monoisotopic (exact) mass is 324 g/mol. The number of anilines is 2. The highest BCUT2D eigenvalue weighted by Crippen LogP contribution is 2.20. The number of benzene rings is 1. The van der Waals surface area contributed by atoms with Crippen molar-refractivity contribution in [1.82, 2.24) is 9.97 Å². The van der Waals surface area contributed by atoms with Gasteiger partial charge in [0.15, 0.2) is 0 Å². The molecule has 0 bridgehead atoms. The number of nitrogens with zero attached hydrogens (tertiary/aromatic N) is 2. The van der Waals surface area contributed by atoms with E-state index in [2.05, 4.69) is 20.6 Å². The van der Waals surface area contributed by atoms with Crippen LogP contribution in [0.15, 0.2) is 60.4 Å². The van der Waals surface area contributed by atoms with E-state index in [0.717, 1.165) is 17.1 Å². The summed E-state index contributed by atoms with van der Waals surface area (Å²) in [6.45, 7) is 2.02. The van der Waals surface area contributed by atoms with Crippen LogP contribution in [0.2, 0.25) is 0 Å². The van der Waals surface area contributed by atoms with Crippen molar-refractivity contribution in [2.24, 2.45) is 0 Å². The fraction of sp³-hybridized carbons (Fsp3) is 0.118. The number of rotatable bonds is 5. The zero-order valence-electron chi connectivity index (χ0n) is 12.6. The molecule has 0 radical (unpaired) electrons. The predicted molar refractivity (Wildman–Crippen MR) is 92.8 cm³/mol. The van der Waals surface area contributed by atoms with Gasteiger partial charge in [-0.2, -0.15) is 0 Å². The Bertz CT molecular complexity index is 757. The number of thiophene rings is 1. The molecule has 1 amide bonds. The molecule has 0 aliphatic heterocycles. The highest BCUT2D eigenvalue weighted by atomic mass is 32.1. The molecular weight excluding hydrogens is 308 g/mol. The Balaban J connectivity index is 1.62. The molecule has 0 saturated carbocycles. The van der Waals surface area contributed by atoms with E-state index in [0.29, 0.717) is 4.88 Å². The maximum Gasteiger partial charge on any atom is 0.265 e. The largest absolute Gasteiger partial charge is 0.377 e. The van der Waals surface area contributed by atoms with Gasteiger partial charge in [-0.1, -0.05) is 6.07 Å². The average molecular weight is 324 g/mol. The van der Waals surface area contributed by atoms with Gasteiger partial charge in [0.05, 0.1) is 22.8 Å². The van der Waals surface area contributed by atoms with Crippen molar-refractivity contribution in [3.05, 3.63) is 70.9 Å². The molecule has 2 aromatic heterocycles. The molecule has 0 spiro atoms. The standard InChI is InChI=1S/C17H16N4OS/c1-12(15-11-18-8-9-19-15)20-13-4-6-14(7-5-13)21-17(22)16-3-2-10-23-16/h2-12,20H,1H3,(H,21,22). The zero-order valence-corrected chi connectivity index (χ0v) is 13.4. The van der Waals surface area contributed by atoms with E-state index in [-0.39, 0.29) is 11.9 Å². The van der Waals surface area contributed by atoms with Crippen LogP contribution in [0.3, 0.4) is 0 Å². The van der Waals surface area contributed by atoms with E-state index in [1.165, 1.54) is 11.3 Å². The lowest BCUT2D eigenvalue weighted by Gasteiger charge is -2.14. The van der Waals surface area contributed by atoms with Crippen LogP contribution in [0.5, 0.6) is 0 Å². The number of hydrogen-bond donors (Lipinski definition) is 2. The smallest absolute Gasteiger partial charge is 0.265 e. The Labute approximate surface area is 138 Å². The summed E-state index contributed by atoms with van der Waals surface area (Å²) in [5.74, 6) is -0.0892. The quantitative estimate of drug-likeness (QED) is 0.745. The van der Waals surface area contributed by atoms with Crippen LogP contribution in [0, 0.1) is 0 Å². The summed E-state index contributed by atoms with van der Waals surface area (Å²) in [5, 5.41) is 8.12. The lowest BCUT2D eigenvalue weighted by molar-refractivity contribution is 0.103. The molecule has 1 aromatic carbocycles.